The van der Waals surface area contributed by atoms with E-state index in [1.807, 2.05) is 0 Å². The van der Waals surface area contributed by atoms with E-state index in [0.29, 0.717) is 17.7 Å². The second kappa shape index (κ2) is 4.19. The quantitative estimate of drug-likeness (QED) is 0.710. The first-order valence-electron chi connectivity index (χ1n) is 3.10. The zero-order chi connectivity index (χ0) is 7.40. The van der Waals surface area contributed by atoms with Crippen molar-refractivity contribution in [2.75, 3.05) is 19.7 Å². The van der Waals surface area contributed by atoms with Gasteiger partial charge in [0.1, 0.15) is 0 Å². The summed E-state index contributed by atoms with van der Waals surface area (Å²) in [6.45, 7) is 2.27. The molecule has 1 fully saturated rings. The average molecular weight is 182 g/mol. The van der Waals surface area contributed by atoms with E-state index in [4.69, 9.17) is 27.9 Å². The van der Waals surface area contributed by atoms with Gasteiger partial charge >= 0.3 is 0 Å². The van der Waals surface area contributed by atoms with Gasteiger partial charge in [0.05, 0.1) is 17.7 Å². The molecule has 1 rings (SSSR count). The van der Waals surface area contributed by atoms with E-state index in [-0.39, 0.29) is 0 Å². The van der Waals surface area contributed by atoms with E-state index in [9.17, 15) is 0 Å². The molecule has 2 nitrogen and oxygen atoms in total. The van der Waals surface area contributed by atoms with Gasteiger partial charge in [0.25, 0.3) is 0 Å². The van der Waals surface area contributed by atoms with Gasteiger partial charge in [0.15, 0.2) is 0 Å². The standard InChI is InChI=1S/C6H9Cl2NO/c7-1-5(8)4-10-6-2-9-3-6/h1,6,9H,2-4H2/b5-1-. The van der Waals surface area contributed by atoms with Crippen LogP contribution in [0.25, 0.3) is 0 Å². The highest BCUT2D eigenvalue weighted by Gasteiger charge is 2.16. The lowest BCUT2D eigenvalue weighted by Gasteiger charge is -2.26. The van der Waals surface area contributed by atoms with Crippen LogP contribution in [-0.2, 0) is 4.74 Å². The van der Waals surface area contributed by atoms with Crippen molar-refractivity contribution < 1.29 is 4.74 Å². The molecule has 10 heavy (non-hydrogen) atoms. The van der Waals surface area contributed by atoms with Crippen LogP contribution in [0.5, 0.6) is 0 Å². The fourth-order valence-electron chi connectivity index (χ4n) is 0.609. The highest BCUT2D eigenvalue weighted by Crippen LogP contribution is 2.06. The minimum Gasteiger partial charge on any atom is -0.370 e. The second-order valence-electron chi connectivity index (χ2n) is 2.15. The summed E-state index contributed by atoms with van der Waals surface area (Å²) < 4.78 is 5.28. The first-order chi connectivity index (χ1) is 4.83. The van der Waals surface area contributed by atoms with E-state index in [0.717, 1.165) is 13.1 Å². The molecule has 0 atom stereocenters. The third-order valence-corrected chi connectivity index (χ3v) is 1.91. The summed E-state index contributed by atoms with van der Waals surface area (Å²) in [4.78, 5) is 0. The lowest BCUT2D eigenvalue weighted by Crippen LogP contribution is -2.48. The summed E-state index contributed by atoms with van der Waals surface area (Å²) in [7, 11) is 0. The van der Waals surface area contributed by atoms with Gasteiger partial charge in [0, 0.05) is 18.6 Å². The molecule has 0 aromatic rings. The smallest absolute Gasteiger partial charge is 0.0836 e. The fraction of sp³-hybridized carbons (Fsp3) is 0.667. The number of nitrogens with one attached hydrogen (secondary N) is 1. The fourth-order valence-corrected chi connectivity index (χ4v) is 0.735. The predicted molar refractivity (Wildman–Crippen MR) is 42.4 cm³/mol. The van der Waals surface area contributed by atoms with Crippen LogP contribution in [0.15, 0.2) is 10.6 Å². The van der Waals surface area contributed by atoms with Crippen LogP contribution in [0, 0.1) is 0 Å². The minimum atomic E-state index is 0.324. The summed E-state index contributed by atoms with van der Waals surface area (Å²) in [5.74, 6) is 0. The van der Waals surface area contributed by atoms with E-state index < -0.39 is 0 Å². The van der Waals surface area contributed by atoms with Crippen LogP contribution in [0.3, 0.4) is 0 Å². The number of halogens is 2. The normalized spacial score (nSPS) is 20.8. The van der Waals surface area contributed by atoms with Gasteiger partial charge < -0.3 is 10.1 Å². The Hall–Kier alpha value is 0.240. The van der Waals surface area contributed by atoms with Gasteiger partial charge in [-0.2, -0.15) is 0 Å². The summed E-state index contributed by atoms with van der Waals surface area (Å²) in [6, 6.07) is 0. The van der Waals surface area contributed by atoms with E-state index >= 15 is 0 Å². The molecule has 0 spiro atoms. The molecular weight excluding hydrogens is 173 g/mol. The molecule has 4 heteroatoms. The van der Waals surface area contributed by atoms with Crippen molar-refractivity contribution in [2.24, 2.45) is 0 Å². The number of rotatable bonds is 3. The Balaban J connectivity index is 2.04. The van der Waals surface area contributed by atoms with Gasteiger partial charge in [0.2, 0.25) is 0 Å². The van der Waals surface area contributed by atoms with Crippen molar-refractivity contribution in [3.8, 4) is 0 Å². The van der Waals surface area contributed by atoms with E-state index in [2.05, 4.69) is 5.32 Å². The number of hydrogen-bond acceptors (Lipinski definition) is 2. The largest absolute Gasteiger partial charge is 0.370 e. The van der Waals surface area contributed by atoms with Crippen molar-refractivity contribution in [3.05, 3.63) is 10.6 Å². The molecule has 1 heterocycles. The van der Waals surface area contributed by atoms with Crippen molar-refractivity contribution in [3.63, 3.8) is 0 Å². The molecular formula is C6H9Cl2NO. The maximum Gasteiger partial charge on any atom is 0.0836 e. The molecule has 1 N–H and O–H groups in total. The highest BCUT2D eigenvalue weighted by atomic mass is 35.5. The predicted octanol–water partition coefficient (Wildman–Crippen LogP) is 1.29. The zero-order valence-corrected chi connectivity index (χ0v) is 6.95. The Bertz CT molecular complexity index is 134. The summed E-state index contributed by atoms with van der Waals surface area (Å²) in [5, 5.41) is 3.63. The van der Waals surface area contributed by atoms with Crippen LogP contribution in [0.4, 0.5) is 0 Å². The maximum absolute atomic E-state index is 5.57. The number of hydrogen-bond donors (Lipinski definition) is 1. The Morgan fingerprint density at radius 2 is 2.40 bits per heavy atom. The lowest BCUT2D eigenvalue weighted by atomic mass is 10.2. The van der Waals surface area contributed by atoms with Gasteiger partial charge in [-0.25, -0.2) is 0 Å². The Morgan fingerprint density at radius 1 is 1.70 bits per heavy atom. The van der Waals surface area contributed by atoms with E-state index in [1.54, 1.807) is 0 Å². The Morgan fingerprint density at radius 3 is 2.80 bits per heavy atom. The van der Waals surface area contributed by atoms with Crippen molar-refractivity contribution in [1.29, 1.82) is 0 Å². The average Bonchev–Trinajstić information content (AvgIpc) is 1.84. The van der Waals surface area contributed by atoms with Gasteiger partial charge in [-0.3, -0.25) is 0 Å². The molecule has 58 valence electrons. The van der Waals surface area contributed by atoms with Crippen molar-refractivity contribution >= 4 is 23.2 Å². The highest BCUT2D eigenvalue weighted by molar-refractivity contribution is 6.36. The maximum atomic E-state index is 5.57. The third kappa shape index (κ3) is 2.46. The molecule has 0 aromatic carbocycles. The first-order valence-corrected chi connectivity index (χ1v) is 3.91. The van der Waals surface area contributed by atoms with Crippen LogP contribution in [0.1, 0.15) is 0 Å². The van der Waals surface area contributed by atoms with E-state index in [1.165, 1.54) is 5.54 Å². The third-order valence-electron chi connectivity index (χ3n) is 1.32. The Labute approximate surface area is 70.1 Å². The van der Waals surface area contributed by atoms with Crippen LogP contribution >= 0.6 is 23.2 Å². The SMILES string of the molecule is Cl/C=C(\Cl)COC1CNC1. The summed E-state index contributed by atoms with van der Waals surface area (Å²) >= 11 is 10.9. The molecule has 1 aliphatic rings. The topological polar surface area (TPSA) is 21.3 Å². The minimum absolute atomic E-state index is 0.324. The number of ether oxygens (including phenoxy) is 1. The monoisotopic (exact) mass is 181 g/mol. The van der Waals surface area contributed by atoms with Crippen LogP contribution < -0.4 is 5.32 Å². The van der Waals surface area contributed by atoms with Crippen molar-refractivity contribution in [1.82, 2.24) is 5.32 Å². The molecule has 0 amide bonds. The molecule has 0 radical (unpaired) electrons. The van der Waals surface area contributed by atoms with Gasteiger partial charge in [-0.15, -0.1) is 0 Å². The molecule has 0 saturated carbocycles. The molecule has 0 aromatic heterocycles. The van der Waals surface area contributed by atoms with Crippen molar-refractivity contribution in [2.45, 2.75) is 6.10 Å². The van der Waals surface area contributed by atoms with Crippen LogP contribution in [0.2, 0.25) is 0 Å². The Kier molecular flexibility index (Phi) is 3.49. The van der Waals surface area contributed by atoms with Gasteiger partial charge in [-0.05, 0) is 0 Å². The first kappa shape index (κ1) is 8.34. The lowest BCUT2D eigenvalue weighted by molar-refractivity contribution is 0.0350. The summed E-state index contributed by atoms with van der Waals surface area (Å²) in [5.41, 5.74) is 1.33. The van der Waals surface area contributed by atoms with Crippen LogP contribution in [-0.4, -0.2) is 25.8 Å². The zero-order valence-electron chi connectivity index (χ0n) is 5.44. The second-order valence-corrected chi connectivity index (χ2v) is 2.85. The summed E-state index contributed by atoms with van der Waals surface area (Å²) in [6.07, 6.45) is 0.324. The van der Waals surface area contributed by atoms with Gasteiger partial charge in [-0.1, -0.05) is 23.2 Å². The molecule has 0 bridgehead atoms. The molecule has 0 aliphatic carbocycles. The molecule has 1 saturated heterocycles. The molecule has 1 aliphatic heterocycles. The molecule has 0 unspecified atom stereocenters.